The third-order valence-corrected chi connectivity index (χ3v) is 3.43. The zero-order valence-electron chi connectivity index (χ0n) is 10.8. The number of benzene rings is 1. The molecule has 1 rings (SSSR count). The molecule has 104 valence electrons. The molecule has 0 aromatic heterocycles. The van der Waals surface area contributed by atoms with Gasteiger partial charge in [-0.25, -0.2) is 4.79 Å². The summed E-state index contributed by atoms with van der Waals surface area (Å²) in [5, 5.41) is 18.5. The van der Waals surface area contributed by atoms with Crippen LogP contribution in [0.1, 0.15) is 23.7 Å². The van der Waals surface area contributed by atoms with Gasteiger partial charge in [0.2, 0.25) is 0 Å². The van der Waals surface area contributed by atoms with E-state index in [1.807, 2.05) is 6.26 Å². The number of aliphatic hydroxyl groups excluding tert-OH is 1. The number of carboxylic acids is 1. The fourth-order valence-corrected chi connectivity index (χ4v) is 2.13. The van der Waals surface area contributed by atoms with E-state index in [9.17, 15) is 14.7 Å². The Balaban J connectivity index is 3.02. The number of aliphatic carboxylic acids is 1. The Kier molecular flexibility index (Phi) is 5.85. The summed E-state index contributed by atoms with van der Waals surface area (Å²) in [7, 11) is 1.30. The summed E-state index contributed by atoms with van der Waals surface area (Å²) in [6, 6.07) is 5.11. The Labute approximate surface area is 115 Å². The Morgan fingerprint density at radius 1 is 1.42 bits per heavy atom. The molecule has 1 aromatic carbocycles. The summed E-state index contributed by atoms with van der Waals surface area (Å²) >= 11 is 1.51. The van der Waals surface area contributed by atoms with Crippen molar-refractivity contribution in [1.29, 1.82) is 0 Å². The van der Waals surface area contributed by atoms with Gasteiger partial charge in [-0.3, -0.25) is 4.79 Å². The van der Waals surface area contributed by atoms with Crippen molar-refractivity contribution in [2.45, 2.75) is 23.8 Å². The second kappa shape index (κ2) is 7.16. The summed E-state index contributed by atoms with van der Waals surface area (Å²) in [5.41, 5.74) is 0.960. The third-order valence-electron chi connectivity index (χ3n) is 2.70. The van der Waals surface area contributed by atoms with Gasteiger partial charge in [-0.1, -0.05) is 6.07 Å². The summed E-state index contributed by atoms with van der Waals surface area (Å²) in [6.45, 7) is 0. The number of hydrogen-bond donors (Lipinski definition) is 2. The van der Waals surface area contributed by atoms with Crippen molar-refractivity contribution in [3.05, 3.63) is 29.3 Å². The van der Waals surface area contributed by atoms with Crippen LogP contribution in [0.2, 0.25) is 0 Å². The van der Waals surface area contributed by atoms with Crippen LogP contribution >= 0.6 is 11.8 Å². The van der Waals surface area contributed by atoms with E-state index in [1.54, 1.807) is 18.2 Å². The molecule has 0 aliphatic heterocycles. The van der Waals surface area contributed by atoms with Crippen molar-refractivity contribution in [1.82, 2.24) is 0 Å². The lowest BCUT2D eigenvalue weighted by Gasteiger charge is -2.13. The molecule has 0 amide bonds. The van der Waals surface area contributed by atoms with Gasteiger partial charge >= 0.3 is 11.9 Å². The number of ether oxygens (including phenoxy) is 1. The predicted octanol–water partition coefficient (Wildman–Crippen LogP) is 1.63. The Morgan fingerprint density at radius 2 is 2.11 bits per heavy atom. The topological polar surface area (TPSA) is 83.8 Å². The minimum Gasteiger partial charge on any atom is -0.479 e. The maximum Gasteiger partial charge on any atom is 0.337 e. The lowest BCUT2D eigenvalue weighted by atomic mass is 9.98. The lowest BCUT2D eigenvalue weighted by molar-refractivity contribution is -0.147. The number of esters is 1. The van der Waals surface area contributed by atoms with Crippen molar-refractivity contribution in [2.24, 2.45) is 0 Å². The molecule has 1 atom stereocenters. The van der Waals surface area contributed by atoms with E-state index >= 15 is 0 Å². The molecule has 0 saturated carbocycles. The molecule has 0 fully saturated rings. The fourth-order valence-electron chi connectivity index (χ4n) is 1.66. The lowest BCUT2D eigenvalue weighted by Crippen LogP contribution is -2.13. The number of carboxylic acid groups (broad SMARTS) is 1. The Bertz CT molecular complexity index is 472. The molecule has 6 heteroatoms. The SMILES string of the molecule is COC(=O)CCc1cc(SC)ccc1C(O)C(=O)O. The molecule has 1 unspecified atom stereocenters. The standard InChI is InChI=1S/C13H16O5S/c1-18-11(14)6-3-8-7-9(19-2)4-5-10(8)12(15)13(16)17/h4-5,7,12,15H,3,6H2,1-2H3,(H,16,17). The number of aliphatic hydroxyl groups is 1. The minimum absolute atomic E-state index is 0.147. The van der Waals surface area contributed by atoms with Crippen LogP contribution in [-0.4, -0.2) is 35.5 Å². The second-order valence-corrected chi connectivity index (χ2v) is 4.76. The van der Waals surface area contributed by atoms with Crippen molar-refractivity contribution in [3.63, 3.8) is 0 Å². The van der Waals surface area contributed by atoms with Crippen molar-refractivity contribution < 1.29 is 24.5 Å². The zero-order valence-corrected chi connectivity index (χ0v) is 11.6. The number of carbonyl (C=O) groups excluding carboxylic acids is 1. The molecule has 0 bridgehead atoms. The van der Waals surface area contributed by atoms with Crippen LogP contribution in [0.3, 0.4) is 0 Å². The van der Waals surface area contributed by atoms with E-state index in [2.05, 4.69) is 4.74 Å². The van der Waals surface area contributed by atoms with Crippen LogP contribution in [0, 0.1) is 0 Å². The molecule has 0 spiro atoms. The fraction of sp³-hybridized carbons (Fsp3) is 0.385. The average Bonchev–Trinajstić information content (AvgIpc) is 2.43. The monoisotopic (exact) mass is 284 g/mol. The van der Waals surface area contributed by atoms with Crippen LogP contribution < -0.4 is 0 Å². The number of thioether (sulfide) groups is 1. The van der Waals surface area contributed by atoms with Gasteiger partial charge in [0, 0.05) is 11.3 Å². The highest BCUT2D eigenvalue weighted by Gasteiger charge is 2.20. The molecule has 0 radical (unpaired) electrons. The van der Waals surface area contributed by atoms with Gasteiger partial charge in [-0.05, 0) is 35.9 Å². The van der Waals surface area contributed by atoms with Gasteiger partial charge in [-0.2, -0.15) is 0 Å². The van der Waals surface area contributed by atoms with Crippen molar-refractivity contribution in [2.75, 3.05) is 13.4 Å². The van der Waals surface area contributed by atoms with E-state index < -0.39 is 12.1 Å². The first-order valence-corrected chi connectivity index (χ1v) is 6.86. The first kappa shape index (κ1) is 15.5. The van der Waals surface area contributed by atoms with Crippen LogP contribution in [0.4, 0.5) is 0 Å². The normalized spacial score (nSPS) is 11.9. The minimum atomic E-state index is -1.58. The number of hydrogen-bond acceptors (Lipinski definition) is 5. The molecular weight excluding hydrogens is 268 g/mol. The number of rotatable bonds is 6. The third kappa shape index (κ3) is 4.25. The quantitative estimate of drug-likeness (QED) is 0.610. The predicted molar refractivity (Wildman–Crippen MR) is 71.2 cm³/mol. The van der Waals surface area contributed by atoms with Crippen LogP contribution in [-0.2, 0) is 20.7 Å². The van der Waals surface area contributed by atoms with Gasteiger partial charge in [0.05, 0.1) is 7.11 Å². The van der Waals surface area contributed by atoms with Crippen LogP contribution in [0.25, 0.3) is 0 Å². The Morgan fingerprint density at radius 3 is 2.63 bits per heavy atom. The number of aryl methyl sites for hydroxylation is 1. The first-order chi connectivity index (χ1) is 8.99. The molecule has 0 saturated heterocycles. The molecule has 0 heterocycles. The maximum absolute atomic E-state index is 11.1. The van der Waals surface area contributed by atoms with Gasteiger partial charge in [0.15, 0.2) is 6.10 Å². The van der Waals surface area contributed by atoms with E-state index in [0.29, 0.717) is 17.5 Å². The molecule has 5 nitrogen and oxygen atoms in total. The zero-order chi connectivity index (χ0) is 14.4. The average molecular weight is 284 g/mol. The van der Waals surface area contributed by atoms with E-state index in [1.165, 1.54) is 18.9 Å². The summed E-state index contributed by atoms with van der Waals surface area (Å²) in [4.78, 5) is 22.9. The van der Waals surface area contributed by atoms with E-state index in [-0.39, 0.29) is 12.4 Å². The molecule has 1 aromatic rings. The van der Waals surface area contributed by atoms with Gasteiger partial charge in [0.25, 0.3) is 0 Å². The van der Waals surface area contributed by atoms with Crippen LogP contribution in [0.5, 0.6) is 0 Å². The summed E-state index contributed by atoms with van der Waals surface area (Å²) in [5.74, 6) is -1.68. The van der Waals surface area contributed by atoms with Crippen molar-refractivity contribution in [3.8, 4) is 0 Å². The molecular formula is C13H16O5S. The largest absolute Gasteiger partial charge is 0.479 e. The highest BCUT2D eigenvalue weighted by molar-refractivity contribution is 7.98. The number of carbonyl (C=O) groups is 2. The van der Waals surface area contributed by atoms with E-state index in [4.69, 9.17) is 5.11 Å². The molecule has 2 N–H and O–H groups in total. The van der Waals surface area contributed by atoms with Gasteiger partial charge in [0.1, 0.15) is 0 Å². The van der Waals surface area contributed by atoms with Gasteiger partial charge in [-0.15, -0.1) is 11.8 Å². The van der Waals surface area contributed by atoms with E-state index in [0.717, 1.165) is 4.90 Å². The molecule has 19 heavy (non-hydrogen) atoms. The maximum atomic E-state index is 11.1. The molecule has 0 aliphatic carbocycles. The smallest absolute Gasteiger partial charge is 0.337 e. The highest BCUT2D eigenvalue weighted by atomic mass is 32.2. The Hall–Kier alpha value is -1.53. The van der Waals surface area contributed by atoms with Crippen molar-refractivity contribution >= 4 is 23.7 Å². The second-order valence-electron chi connectivity index (χ2n) is 3.88. The van der Waals surface area contributed by atoms with Gasteiger partial charge < -0.3 is 14.9 Å². The summed E-state index contributed by atoms with van der Waals surface area (Å²) < 4.78 is 4.55. The number of methoxy groups -OCH3 is 1. The summed E-state index contributed by atoms with van der Waals surface area (Å²) in [6.07, 6.45) is 0.796. The van der Waals surface area contributed by atoms with Crippen LogP contribution in [0.15, 0.2) is 23.1 Å². The molecule has 0 aliphatic rings. The first-order valence-electron chi connectivity index (χ1n) is 5.64. The highest BCUT2D eigenvalue weighted by Crippen LogP contribution is 2.25.